The number of aliphatic hydroxyl groups is 1. The maximum Gasteiger partial charge on any atom is 0.328 e. The topological polar surface area (TPSA) is 89.9 Å². The molecule has 0 heterocycles. The van der Waals surface area contributed by atoms with E-state index in [1.54, 1.807) is 4.90 Å². The van der Waals surface area contributed by atoms with Crippen LogP contribution in [0.15, 0.2) is 0 Å². The van der Waals surface area contributed by atoms with Gasteiger partial charge in [-0.05, 0) is 20.3 Å². The van der Waals surface area contributed by atoms with Crippen LogP contribution in [0.1, 0.15) is 40.0 Å². The van der Waals surface area contributed by atoms with Crippen LogP contribution in [0.5, 0.6) is 0 Å². The van der Waals surface area contributed by atoms with Gasteiger partial charge in [0.25, 0.3) is 0 Å². The lowest BCUT2D eigenvalue weighted by atomic mass is 10.2. The molecule has 0 aliphatic carbocycles. The second-order valence-corrected chi connectivity index (χ2v) is 4.52. The van der Waals surface area contributed by atoms with Gasteiger partial charge in [0.2, 0.25) is 0 Å². The van der Waals surface area contributed by atoms with Crippen LogP contribution in [-0.4, -0.2) is 52.3 Å². The summed E-state index contributed by atoms with van der Waals surface area (Å²) in [5.41, 5.74) is 0. The molecule has 0 radical (unpaired) electrons. The van der Waals surface area contributed by atoms with Crippen molar-refractivity contribution in [1.82, 2.24) is 10.2 Å². The molecule has 6 heteroatoms. The van der Waals surface area contributed by atoms with Crippen LogP contribution in [-0.2, 0) is 4.79 Å². The van der Waals surface area contributed by atoms with Gasteiger partial charge in [-0.15, -0.1) is 0 Å². The van der Waals surface area contributed by atoms with Crippen molar-refractivity contribution in [3.05, 3.63) is 0 Å². The maximum absolute atomic E-state index is 11.9. The van der Waals surface area contributed by atoms with Crippen molar-refractivity contribution in [3.63, 3.8) is 0 Å². The highest BCUT2D eigenvalue weighted by atomic mass is 16.4. The number of amides is 2. The van der Waals surface area contributed by atoms with Gasteiger partial charge in [0.05, 0.1) is 6.61 Å². The number of carbonyl (C=O) groups excluding carboxylic acids is 1. The van der Waals surface area contributed by atoms with Gasteiger partial charge in [0.1, 0.15) is 0 Å². The Hall–Kier alpha value is -1.30. The summed E-state index contributed by atoms with van der Waals surface area (Å²) in [6.07, 6.45) is 2.97. The van der Waals surface area contributed by atoms with Crippen LogP contribution < -0.4 is 5.32 Å². The molecule has 1 unspecified atom stereocenters. The van der Waals surface area contributed by atoms with Crippen molar-refractivity contribution < 1.29 is 19.8 Å². The third-order valence-corrected chi connectivity index (χ3v) is 2.67. The van der Waals surface area contributed by atoms with Crippen LogP contribution in [0, 0.1) is 0 Å². The molecule has 0 saturated heterocycles. The smallest absolute Gasteiger partial charge is 0.328 e. The Morgan fingerprint density at radius 2 is 1.89 bits per heavy atom. The van der Waals surface area contributed by atoms with Gasteiger partial charge in [0, 0.05) is 12.6 Å². The molecule has 6 nitrogen and oxygen atoms in total. The van der Waals surface area contributed by atoms with Gasteiger partial charge in [0.15, 0.2) is 6.04 Å². The summed E-state index contributed by atoms with van der Waals surface area (Å²) in [5, 5.41) is 19.9. The van der Waals surface area contributed by atoms with Gasteiger partial charge in [-0.25, -0.2) is 9.59 Å². The van der Waals surface area contributed by atoms with E-state index in [1.807, 2.05) is 13.8 Å². The monoisotopic (exact) mass is 260 g/mol. The number of hydrogen-bond donors (Lipinski definition) is 3. The highest BCUT2D eigenvalue weighted by Gasteiger charge is 2.23. The normalized spacial score (nSPS) is 12.3. The van der Waals surface area contributed by atoms with E-state index in [2.05, 4.69) is 12.2 Å². The van der Waals surface area contributed by atoms with Crippen molar-refractivity contribution in [2.75, 3.05) is 13.2 Å². The van der Waals surface area contributed by atoms with E-state index in [1.165, 1.54) is 0 Å². The lowest BCUT2D eigenvalue weighted by Crippen LogP contribution is -2.51. The van der Waals surface area contributed by atoms with E-state index >= 15 is 0 Å². The van der Waals surface area contributed by atoms with E-state index in [-0.39, 0.29) is 6.04 Å². The van der Waals surface area contributed by atoms with Gasteiger partial charge in [-0.3, -0.25) is 0 Å². The van der Waals surface area contributed by atoms with Crippen LogP contribution in [0.4, 0.5) is 4.79 Å². The van der Waals surface area contributed by atoms with Crippen LogP contribution >= 0.6 is 0 Å². The molecule has 2 amide bonds. The van der Waals surface area contributed by atoms with Crippen LogP contribution in [0.2, 0.25) is 0 Å². The van der Waals surface area contributed by atoms with Crippen molar-refractivity contribution in [2.24, 2.45) is 0 Å². The number of aliphatic carboxylic acids is 1. The predicted octanol–water partition coefficient (Wildman–Crippen LogP) is 1.04. The third-order valence-electron chi connectivity index (χ3n) is 2.67. The standard InChI is InChI=1S/C12H24N2O4/c1-4-5-6-7-14(9(2)3)12(18)13-10(8-15)11(16)17/h9-10,15H,4-8H2,1-3H3,(H,13,18)(H,16,17). The highest BCUT2D eigenvalue weighted by molar-refractivity contribution is 5.82. The zero-order valence-electron chi connectivity index (χ0n) is 11.3. The summed E-state index contributed by atoms with van der Waals surface area (Å²) >= 11 is 0. The number of rotatable bonds is 8. The fourth-order valence-electron chi connectivity index (χ4n) is 1.54. The molecule has 0 rings (SSSR count). The van der Waals surface area contributed by atoms with Crippen LogP contribution in [0.3, 0.4) is 0 Å². The third kappa shape index (κ3) is 5.86. The molecule has 0 spiro atoms. The van der Waals surface area contributed by atoms with Gasteiger partial charge >= 0.3 is 12.0 Å². The molecule has 0 fully saturated rings. The molecule has 1 atom stereocenters. The molecule has 0 bridgehead atoms. The minimum absolute atomic E-state index is 0.00464. The van der Waals surface area contributed by atoms with Crippen molar-refractivity contribution in [3.8, 4) is 0 Å². The summed E-state index contributed by atoms with van der Waals surface area (Å²) in [6, 6.07) is -1.69. The van der Waals surface area contributed by atoms with Gasteiger partial charge in [-0.2, -0.15) is 0 Å². The van der Waals surface area contributed by atoms with E-state index in [4.69, 9.17) is 10.2 Å². The molecule has 3 N–H and O–H groups in total. The highest BCUT2D eigenvalue weighted by Crippen LogP contribution is 2.04. The average molecular weight is 260 g/mol. The Kier molecular flexibility index (Phi) is 8.11. The summed E-state index contributed by atoms with van der Waals surface area (Å²) in [5.74, 6) is -1.23. The second-order valence-electron chi connectivity index (χ2n) is 4.52. The van der Waals surface area contributed by atoms with E-state index < -0.39 is 24.6 Å². The van der Waals surface area contributed by atoms with Crippen LogP contribution in [0.25, 0.3) is 0 Å². The lowest BCUT2D eigenvalue weighted by molar-refractivity contribution is -0.140. The lowest BCUT2D eigenvalue weighted by Gasteiger charge is -2.28. The Labute approximate surface area is 108 Å². The molecule has 0 aliphatic rings. The van der Waals surface area contributed by atoms with Crippen molar-refractivity contribution >= 4 is 12.0 Å². The first kappa shape index (κ1) is 16.7. The molecular formula is C12H24N2O4. The number of carboxylic acid groups (broad SMARTS) is 1. The molecular weight excluding hydrogens is 236 g/mol. The quantitative estimate of drug-likeness (QED) is 0.569. The first-order valence-corrected chi connectivity index (χ1v) is 6.34. The van der Waals surface area contributed by atoms with Crippen molar-refractivity contribution in [1.29, 1.82) is 0 Å². The zero-order valence-corrected chi connectivity index (χ0v) is 11.3. The number of unbranched alkanes of at least 4 members (excludes halogenated alkanes) is 2. The molecule has 0 aromatic rings. The molecule has 0 aromatic carbocycles. The van der Waals surface area contributed by atoms with E-state index in [0.717, 1.165) is 19.3 Å². The summed E-state index contributed by atoms with van der Waals surface area (Å²) < 4.78 is 0. The second kappa shape index (κ2) is 8.74. The molecule has 18 heavy (non-hydrogen) atoms. The van der Waals surface area contributed by atoms with Gasteiger partial charge in [-0.1, -0.05) is 19.8 Å². The molecule has 0 saturated carbocycles. The summed E-state index contributed by atoms with van der Waals surface area (Å²) in [4.78, 5) is 24.2. The Morgan fingerprint density at radius 3 is 2.28 bits per heavy atom. The number of urea groups is 1. The summed E-state index contributed by atoms with van der Waals surface area (Å²) in [6.45, 7) is 5.81. The van der Waals surface area contributed by atoms with E-state index in [9.17, 15) is 9.59 Å². The van der Waals surface area contributed by atoms with E-state index in [0.29, 0.717) is 6.54 Å². The predicted molar refractivity (Wildman–Crippen MR) is 68.4 cm³/mol. The minimum Gasteiger partial charge on any atom is -0.480 e. The Morgan fingerprint density at radius 1 is 1.28 bits per heavy atom. The fraction of sp³-hybridized carbons (Fsp3) is 0.833. The summed E-state index contributed by atoms with van der Waals surface area (Å²) in [7, 11) is 0. The Bertz CT molecular complexity index is 269. The van der Waals surface area contributed by atoms with Crippen molar-refractivity contribution in [2.45, 2.75) is 52.1 Å². The zero-order chi connectivity index (χ0) is 14.1. The number of aliphatic hydroxyl groups excluding tert-OH is 1. The number of carbonyl (C=O) groups is 2. The Balaban J connectivity index is 4.42. The average Bonchev–Trinajstić information content (AvgIpc) is 2.30. The molecule has 106 valence electrons. The van der Waals surface area contributed by atoms with Gasteiger partial charge < -0.3 is 20.4 Å². The fourth-order valence-corrected chi connectivity index (χ4v) is 1.54. The molecule has 0 aliphatic heterocycles. The maximum atomic E-state index is 11.9. The first-order valence-electron chi connectivity index (χ1n) is 6.34. The SMILES string of the molecule is CCCCCN(C(=O)NC(CO)C(=O)O)C(C)C. The number of nitrogens with zero attached hydrogens (tertiary/aromatic N) is 1. The minimum atomic E-state index is -1.25. The largest absolute Gasteiger partial charge is 0.480 e. The molecule has 0 aromatic heterocycles. The number of carboxylic acids is 1. The first-order chi connectivity index (χ1) is 8.43. The number of hydrogen-bond acceptors (Lipinski definition) is 3. The number of nitrogens with one attached hydrogen (secondary N) is 1.